The first-order chi connectivity index (χ1) is 13.4. The standard InChI is InChI=1S/C20H14N2O6/c1-10(23)15-16(11-6-8-12(9-7-11)22(25)26)17-18(28-19(15)21)13-4-2-3-5-14(13)27-20(17)24/h2-9,16H,21H2,1H3. The number of para-hydroxylation sites is 1. The first-order valence-corrected chi connectivity index (χ1v) is 8.37. The molecule has 2 N–H and O–H groups in total. The van der Waals surface area contributed by atoms with Gasteiger partial charge in [0.25, 0.3) is 5.69 Å². The molecule has 0 spiro atoms. The van der Waals surface area contributed by atoms with E-state index >= 15 is 0 Å². The Balaban J connectivity index is 2.03. The maximum Gasteiger partial charge on any atom is 0.344 e. The number of carbonyl (C=O) groups is 1. The largest absolute Gasteiger partial charge is 0.440 e. The van der Waals surface area contributed by atoms with Gasteiger partial charge in [0.2, 0.25) is 0 Å². The van der Waals surface area contributed by atoms with Crippen LogP contribution in [-0.2, 0) is 4.79 Å². The van der Waals surface area contributed by atoms with Crippen molar-refractivity contribution in [1.29, 1.82) is 0 Å². The van der Waals surface area contributed by atoms with Crippen molar-refractivity contribution < 1.29 is 18.9 Å². The van der Waals surface area contributed by atoms with E-state index in [2.05, 4.69) is 0 Å². The van der Waals surface area contributed by atoms with E-state index in [9.17, 15) is 19.7 Å². The third-order valence-corrected chi connectivity index (χ3v) is 4.67. The molecule has 8 nitrogen and oxygen atoms in total. The lowest BCUT2D eigenvalue weighted by Crippen LogP contribution is -2.29. The van der Waals surface area contributed by atoms with Crippen molar-refractivity contribution in [1.82, 2.24) is 0 Å². The molecule has 0 fully saturated rings. The summed E-state index contributed by atoms with van der Waals surface area (Å²) < 4.78 is 11.1. The van der Waals surface area contributed by atoms with E-state index in [-0.39, 0.29) is 34.2 Å². The Kier molecular flexibility index (Phi) is 3.96. The average Bonchev–Trinajstić information content (AvgIpc) is 2.67. The van der Waals surface area contributed by atoms with Gasteiger partial charge in [-0.3, -0.25) is 14.9 Å². The fraction of sp³-hybridized carbons (Fsp3) is 0.100. The molecule has 140 valence electrons. The summed E-state index contributed by atoms with van der Waals surface area (Å²) in [7, 11) is 0. The van der Waals surface area contributed by atoms with Crippen LogP contribution in [0.3, 0.4) is 0 Å². The van der Waals surface area contributed by atoms with Gasteiger partial charge in [0.15, 0.2) is 17.4 Å². The van der Waals surface area contributed by atoms with Gasteiger partial charge in [0.1, 0.15) is 5.58 Å². The molecule has 3 aromatic rings. The van der Waals surface area contributed by atoms with Gasteiger partial charge >= 0.3 is 5.63 Å². The second kappa shape index (κ2) is 6.34. The second-order valence-corrected chi connectivity index (χ2v) is 6.35. The van der Waals surface area contributed by atoms with E-state index in [1.165, 1.54) is 31.2 Å². The van der Waals surface area contributed by atoms with Crippen LogP contribution in [-0.4, -0.2) is 10.7 Å². The summed E-state index contributed by atoms with van der Waals surface area (Å²) in [5, 5.41) is 11.5. The molecule has 1 aliphatic heterocycles. The highest BCUT2D eigenvalue weighted by molar-refractivity contribution is 5.98. The Bertz CT molecular complexity index is 1220. The van der Waals surface area contributed by atoms with Gasteiger partial charge < -0.3 is 14.9 Å². The number of Topliss-reactive ketones (excluding diaryl/α,β-unsaturated/α-hetero) is 1. The summed E-state index contributed by atoms with van der Waals surface area (Å²) in [5.41, 5.74) is 6.32. The van der Waals surface area contributed by atoms with Crippen LogP contribution in [0.1, 0.15) is 24.0 Å². The highest BCUT2D eigenvalue weighted by Crippen LogP contribution is 2.44. The van der Waals surface area contributed by atoms with Crippen LogP contribution in [0.25, 0.3) is 11.0 Å². The minimum absolute atomic E-state index is 0.101. The number of hydrogen-bond donors (Lipinski definition) is 1. The number of benzene rings is 2. The van der Waals surface area contributed by atoms with Crippen LogP contribution in [0.5, 0.6) is 5.75 Å². The van der Waals surface area contributed by atoms with Crippen LogP contribution in [0.15, 0.2) is 69.2 Å². The average molecular weight is 378 g/mol. The molecule has 0 radical (unpaired) electrons. The molecule has 2 heterocycles. The predicted molar refractivity (Wildman–Crippen MR) is 99.9 cm³/mol. The van der Waals surface area contributed by atoms with Gasteiger partial charge in [0, 0.05) is 12.1 Å². The molecule has 8 heteroatoms. The molecule has 0 bridgehead atoms. The normalized spacial score (nSPS) is 15.8. The summed E-state index contributed by atoms with van der Waals surface area (Å²) in [6.45, 7) is 1.32. The number of fused-ring (bicyclic) bond motifs is 3. The topological polar surface area (TPSA) is 126 Å². The number of nitro benzene ring substituents is 1. The Hall–Kier alpha value is -3.94. The number of ether oxygens (including phenoxy) is 1. The third-order valence-electron chi connectivity index (χ3n) is 4.67. The Morgan fingerprint density at radius 1 is 1.14 bits per heavy atom. The molecule has 0 saturated carbocycles. The summed E-state index contributed by atoms with van der Waals surface area (Å²) in [6.07, 6.45) is 0. The summed E-state index contributed by atoms with van der Waals surface area (Å²) in [5.74, 6) is -1.13. The highest BCUT2D eigenvalue weighted by Gasteiger charge is 2.37. The monoisotopic (exact) mass is 378 g/mol. The third kappa shape index (κ3) is 2.62. The highest BCUT2D eigenvalue weighted by atomic mass is 16.6. The molecule has 28 heavy (non-hydrogen) atoms. The molecular formula is C20H14N2O6. The fourth-order valence-electron chi connectivity index (χ4n) is 3.44. The molecule has 4 rings (SSSR count). The van der Waals surface area contributed by atoms with E-state index < -0.39 is 16.5 Å². The zero-order valence-electron chi connectivity index (χ0n) is 14.7. The van der Waals surface area contributed by atoms with Crippen molar-refractivity contribution in [2.45, 2.75) is 12.8 Å². The lowest BCUT2D eigenvalue weighted by molar-refractivity contribution is -0.384. The Morgan fingerprint density at radius 2 is 1.82 bits per heavy atom. The lowest BCUT2D eigenvalue weighted by Gasteiger charge is -2.27. The zero-order valence-corrected chi connectivity index (χ0v) is 14.7. The van der Waals surface area contributed by atoms with E-state index in [0.29, 0.717) is 16.5 Å². The number of nitrogens with zero attached hydrogens (tertiary/aromatic N) is 1. The van der Waals surface area contributed by atoms with Gasteiger partial charge in [-0.05, 0) is 24.6 Å². The van der Waals surface area contributed by atoms with Crippen molar-refractivity contribution >= 4 is 22.4 Å². The van der Waals surface area contributed by atoms with E-state index in [4.69, 9.17) is 14.9 Å². The number of allylic oxidation sites excluding steroid dienone is 1. The van der Waals surface area contributed by atoms with Gasteiger partial charge in [-0.1, -0.05) is 24.3 Å². The Morgan fingerprint density at radius 3 is 2.46 bits per heavy atom. The van der Waals surface area contributed by atoms with Crippen LogP contribution < -0.4 is 16.1 Å². The molecule has 0 aliphatic carbocycles. The summed E-state index contributed by atoms with van der Waals surface area (Å²) >= 11 is 0. The number of nitro groups is 1. The van der Waals surface area contributed by atoms with Gasteiger partial charge in [-0.25, -0.2) is 4.79 Å². The molecule has 1 atom stereocenters. The molecule has 2 aromatic carbocycles. The second-order valence-electron chi connectivity index (χ2n) is 6.35. The summed E-state index contributed by atoms with van der Waals surface area (Å²) in [6, 6.07) is 12.4. The van der Waals surface area contributed by atoms with Crippen molar-refractivity contribution in [2.75, 3.05) is 0 Å². The number of non-ortho nitro benzene ring substituents is 1. The number of carbonyl (C=O) groups excluding carboxylic acids is 1. The molecule has 1 aliphatic rings. The molecule has 0 amide bonds. The zero-order chi connectivity index (χ0) is 20.0. The number of hydrogen-bond acceptors (Lipinski definition) is 7. The van der Waals surface area contributed by atoms with Crippen molar-refractivity contribution in [3.8, 4) is 5.75 Å². The maximum atomic E-state index is 12.8. The smallest absolute Gasteiger partial charge is 0.344 e. The number of rotatable bonds is 3. The summed E-state index contributed by atoms with van der Waals surface area (Å²) in [4.78, 5) is 35.5. The number of nitrogens with two attached hydrogens (primary N) is 1. The SMILES string of the molecule is CC(=O)C1=C(N)Oc2c(c(=O)oc3ccccc23)C1c1ccc([N+](=O)[O-])cc1. The maximum absolute atomic E-state index is 12.8. The van der Waals surface area contributed by atoms with Crippen LogP contribution in [0.4, 0.5) is 5.69 Å². The number of ketones is 1. The van der Waals surface area contributed by atoms with Gasteiger partial charge in [-0.2, -0.15) is 0 Å². The molecule has 1 unspecified atom stereocenters. The van der Waals surface area contributed by atoms with Crippen molar-refractivity contribution in [2.24, 2.45) is 5.73 Å². The fourth-order valence-corrected chi connectivity index (χ4v) is 3.44. The van der Waals surface area contributed by atoms with E-state index in [1.54, 1.807) is 24.3 Å². The van der Waals surface area contributed by atoms with Crippen molar-refractivity contribution in [3.05, 3.63) is 91.6 Å². The van der Waals surface area contributed by atoms with Gasteiger partial charge in [0.05, 0.1) is 27.4 Å². The minimum atomic E-state index is -0.858. The minimum Gasteiger partial charge on any atom is -0.440 e. The quantitative estimate of drug-likeness (QED) is 0.422. The van der Waals surface area contributed by atoms with Crippen LogP contribution in [0.2, 0.25) is 0 Å². The van der Waals surface area contributed by atoms with E-state index in [0.717, 1.165) is 0 Å². The Labute approximate surface area is 158 Å². The lowest BCUT2D eigenvalue weighted by atomic mass is 9.82. The van der Waals surface area contributed by atoms with E-state index in [1.807, 2.05) is 0 Å². The van der Waals surface area contributed by atoms with Crippen LogP contribution >= 0.6 is 0 Å². The van der Waals surface area contributed by atoms with Gasteiger partial charge in [-0.15, -0.1) is 0 Å². The van der Waals surface area contributed by atoms with Crippen molar-refractivity contribution in [3.63, 3.8) is 0 Å². The first-order valence-electron chi connectivity index (χ1n) is 8.37. The first kappa shape index (κ1) is 17.5. The molecule has 1 aromatic heterocycles. The predicted octanol–water partition coefficient (Wildman–Crippen LogP) is 2.98. The molecular weight excluding hydrogens is 364 g/mol. The van der Waals surface area contributed by atoms with Crippen LogP contribution in [0, 0.1) is 10.1 Å². The molecule has 0 saturated heterocycles.